The van der Waals surface area contributed by atoms with Gasteiger partial charge in [0.25, 0.3) is 0 Å². The minimum atomic E-state index is -3.61. The van der Waals surface area contributed by atoms with E-state index in [0.717, 1.165) is 5.56 Å². The molecular formula is C12H14ClN3O3S. The first-order valence-electron chi connectivity index (χ1n) is 5.72. The number of nitrogens with one attached hydrogen (secondary N) is 1. The minimum Gasteiger partial charge on any atom is -0.495 e. The number of H-pyrrole nitrogens is 1. The predicted molar refractivity (Wildman–Crippen MR) is 75.2 cm³/mol. The summed E-state index contributed by atoms with van der Waals surface area (Å²) in [5, 5.41) is 6.68. The van der Waals surface area contributed by atoms with Crippen molar-refractivity contribution in [1.29, 1.82) is 0 Å². The first kappa shape index (κ1) is 14.8. The molecule has 0 unspecified atom stereocenters. The first-order chi connectivity index (χ1) is 9.45. The number of rotatable bonds is 5. The van der Waals surface area contributed by atoms with Gasteiger partial charge in [0.2, 0.25) is 10.0 Å². The molecule has 20 heavy (non-hydrogen) atoms. The molecule has 1 aromatic carbocycles. The lowest BCUT2D eigenvalue weighted by Gasteiger charge is -2.17. The maximum absolute atomic E-state index is 12.4. The molecule has 0 aliphatic heterocycles. The molecule has 0 saturated carbocycles. The number of benzene rings is 1. The van der Waals surface area contributed by atoms with Crippen LogP contribution in [-0.4, -0.2) is 37.1 Å². The van der Waals surface area contributed by atoms with Crippen molar-refractivity contribution in [2.45, 2.75) is 11.4 Å². The second-order valence-corrected chi connectivity index (χ2v) is 6.62. The van der Waals surface area contributed by atoms with Gasteiger partial charge in [0.1, 0.15) is 5.75 Å². The van der Waals surface area contributed by atoms with E-state index in [4.69, 9.17) is 16.3 Å². The Bertz CT molecular complexity index is 686. The summed E-state index contributed by atoms with van der Waals surface area (Å²) in [5.41, 5.74) is 0.774. The Balaban J connectivity index is 2.27. The molecule has 108 valence electrons. The van der Waals surface area contributed by atoms with Gasteiger partial charge in [0, 0.05) is 25.4 Å². The number of aromatic amines is 1. The number of aromatic nitrogens is 2. The lowest BCUT2D eigenvalue weighted by molar-refractivity contribution is 0.414. The average Bonchev–Trinajstić information content (AvgIpc) is 2.91. The summed E-state index contributed by atoms with van der Waals surface area (Å²) < 4.78 is 31.0. The summed E-state index contributed by atoms with van der Waals surface area (Å²) in [5.74, 6) is 0.433. The fraction of sp³-hybridized carbons (Fsp3) is 0.250. The van der Waals surface area contributed by atoms with Gasteiger partial charge in [-0.1, -0.05) is 11.6 Å². The number of hydrogen-bond acceptors (Lipinski definition) is 4. The summed E-state index contributed by atoms with van der Waals surface area (Å²) in [6.45, 7) is 0.225. The largest absolute Gasteiger partial charge is 0.495 e. The van der Waals surface area contributed by atoms with Gasteiger partial charge in [-0.3, -0.25) is 5.10 Å². The van der Waals surface area contributed by atoms with Gasteiger partial charge < -0.3 is 4.74 Å². The van der Waals surface area contributed by atoms with Crippen LogP contribution in [0.15, 0.2) is 35.5 Å². The molecule has 8 heteroatoms. The van der Waals surface area contributed by atoms with Crippen LogP contribution in [0.2, 0.25) is 5.02 Å². The van der Waals surface area contributed by atoms with Crippen molar-refractivity contribution >= 4 is 21.6 Å². The molecule has 1 heterocycles. The fourth-order valence-electron chi connectivity index (χ4n) is 1.69. The number of nitrogens with zero attached hydrogens (tertiary/aromatic N) is 2. The summed E-state index contributed by atoms with van der Waals surface area (Å²) in [4.78, 5) is 0.120. The van der Waals surface area contributed by atoms with E-state index in [1.54, 1.807) is 12.4 Å². The Hall–Kier alpha value is -1.57. The van der Waals surface area contributed by atoms with Gasteiger partial charge >= 0.3 is 0 Å². The zero-order chi connectivity index (χ0) is 14.8. The molecule has 0 saturated heterocycles. The second-order valence-electron chi connectivity index (χ2n) is 4.16. The van der Waals surface area contributed by atoms with Gasteiger partial charge in [0.15, 0.2) is 0 Å². The SMILES string of the molecule is COc1ccc(S(=O)(=O)N(C)Cc2cn[nH]c2)cc1Cl. The van der Waals surface area contributed by atoms with Crippen molar-refractivity contribution in [1.82, 2.24) is 14.5 Å². The quantitative estimate of drug-likeness (QED) is 0.914. The third-order valence-corrected chi connectivity index (χ3v) is 4.89. The highest BCUT2D eigenvalue weighted by Gasteiger charge is 2.22. The molecule has 0 atom stereocenters. The van der Waals surface area contributed by atoms with Crippen LogP contribution >= 0.6 is 11.6 Å². The third-order valence-electron chi connectivity index (χ3n) is 2.79. The van der Waals surface area contributed by atoms with Crippen LogP contribution in [0, 0.1) is 0 Å². The van der Waals surface area contributed by atoms with Crippen molar-refractivity contribution in [3.05, 3.63) is 41.2 Å². The molecule has 1 N–H and O–H groups in total. The molecule has 2 rings (SSSR count). The highest BCUT2D eigenvalue weighted by molar-refractivity contribution is 7.89. The molecular weight excluding hydrogens is 302 g/mol. The molecule has 1 aromatic heterocycles. The van der Waals surface area contributed by atoms with E-state index in [9.17, 15) is 8.42 Å². The molecule has 0 spiro atoms. The van der Waals surface area contributed by atoms with E-state index in [-0.39, 0.29) is 16.5 Å². The summed E-state index contributed by atoms with van der Waals surface area (Å²) >= 11 is 5.96. The normalized spacial score (nSPS) is 11.8. The topological polar surface area (TPSA) is 75.3 Å². The van der Waals surface area contributed by atoms with Crippen LogP contribution in [0.25, 0.3) is 0 Å². The monoisotopic (exact) mass is 315 g/mol. The van der Waals surface area contributed by atoms with Crippen molar-refractivity contribution in [3.8, 4) is 5.75 Å². The summed E-state index contributed by atoms with van der Waals surface area (Å²) in [7, 11) is -0.638. The molecule has 0 radical (unpaired) electrons. The Morgan fingerprint density at radius 2 is 2.20 bits per heavy atom. The first-order valence-corrected chi connectivity index (χ1v) is 7.54. The minimum absolute atomic E-state index is 0.120. The number of ether oxygens (including phenoxy) is 1. The van der Waals surface area contributed by atoms with E-state index in [0.29, 0.717) is 5.75 Å². The highest BCUT2D eigenvalue weighted by Crippen LogP contribution is 2.28. The van der Waals surface area contributed by atoms with E-state index >= 15 is 0 Å². The van der Waals surface area contributed by atoms with Gasteiger partial charge in [-0.25, -0.2) is 8.42 Å². The summed E-state index contributed by atoms with van der Waals surface area (Å²) in [6, 6.07) is 4.37. The second kappa shape index (κ2) is 5.82. The van der Waals surface area contributed by atoms with E-state index in [2.05, 4.69) is 10.2 Å². The van der Waals surface area contributed by atoms with E-state index in [1.165, 1.54) is 36.7 Å². The number of halogens is 1. The van der Waals surface area contributed by atoms with Crippen LogP contribution in [0.1, 0.15) is 5.56 Å². The number of methoxy groups -OCH3 is 1. The maximum atomic E-state index is 12.4. The predicted octanol–water partition coefficient (Wildman–Crippen LogP) is 1.89. The lowest BCUT2D eigenvalue weighted by atomic mass is 10.3. The maximum Gasteiger partial charge on any atom is 0.243 e. The Morgan fingerprint density at radius 3 is 2.75 bits per heavy atom. The van der Waals surface area contributed by atoms with E-state index < -0.39 is 10.0 Å². The van der Waals surface area contributed by atoms with Crippen LogP contribution in [0.3, 0.4) is 0 Å². The molecule has 0 amide bonds. The summed E-state index contributed by atoms with van der Waals surface area (Å²) in [6.07, 6.45) is 3.22. The Morgan fingerprint density at radius 1 is 1.45 bits per heavy atom. The average molecular weight is 316 g/mol. The third kappa shape index (κ3) is 2.95. The Labute approximate surface area is 122 Å². The molecule has 6 nitrogen and oxygen atoms in total. The molecule has 0 aliphatic carbocycles. The fourth-order valence-corrected chi connectivity index (χ4v) is 3.20. The Kier molecular flexibility index (Phi) is 4.32. The zero-order valence-electron chi connectivity index (χ0n) is 11.0. The molecule has 0 aliphatic rings. The molecule has 2 aromatic rings. The van der Waals surface area contributed by atoms with Crippen LogP contribution in [-0.2, 0) is 16.6 Å². The zero-order valence-corrected chi connectivity index (χ0v) is 12.6. The van der Waals surface area contributed by atoms with Crippen molar-refractivity contribution in [3.63, 3.8) is 0 Å². The number of sulfonamides is 1. The smallest absolute Gasteiger partial charge is 0.243 e. The molecule has 0 fully saturated rings. The van der Waals surface area contributed by atoms with E-state index in [1.807, 2.05) is 0 Å². The standard InChI is InChI=1S/C12H14ClN3O3S/c1-16(8-9-6-14-15-7-9)20(17,18)10-3-4-12(19-2)11(13)5-10/h3-7H,8H2,1-2H3,(H,14,15). The van der Waals surface area contributed by atoms with Gasteiger partial charge in [-0.05, 0) is 18.2 Å². The van der Waals surface area contributed by atoms with Crippen LogP contribution in [0.5, 0.6) is 5.75 Å². The van der Waals surface area contributed by atoms with Gasteiger partial charge in [0.05, 0.1) is 23.2 Å². The van der Waals surface area contributed by atoms with Crippen molar-refractivity contribution in [2.75, 3.05) is 14.2 Å². The van der Waals surface area contributed by atoms with Gasteiger partial charge in [-0.2, -0.15) is 9.40 Å². The highest BCUT2D eigenvalue weighted by atomic mass is 35.5. The van der Waals surface area contributed by atoms with Crippen LogP contribution < -0.4 is 4.74 Å². The lowest BCUT2D eigenvalue weighted by Crippen LogP contribution is -2.26. The van der Waals surface area contributed by atoms with Crippen LogP contribution in [0.4, 0.5) is 0 Å². The van der Waals surface area contributed by atoms with Crippen molar-refractivity contribution in [2.24, 2.45) is 0 Å². The van der Waals surface area contributed by atoms with Crippen molar-refractivity contribution < 1.29 is 13.2 Å². The molecule has 0 bridgehead atoms. The van der Waals surface area contributed by atoms with Gasteiger partial charge in [-0.15, -0.1) is 0 Å². The number of hydrogen-bond donors (Lipinski definition) is 1.